The average molecular weight is 442 g/mol. The van der Waals surface area contributed by atoms with Crippen LogP contribution in [-0.4, -0.2) is 19.9 Å². The highest BCUT2D eigenvalue weighted by Gasteiger charge is 2.41. The van der Waals surface area contributed by atoms with Crippen molar-refractivity contribution in [3.63, 3.8) is 0 Å². The second-order valence-electron chi connectivity index (χ2n) is 7.51. The Labute approximate surface area is 181 Å². The van der Waals surface area contributed by atoms with Gasteiger partial charge in [-0.2, -0.15) is 13.2 Å². The third kappa shape index (κ3) is 3.41. The van der Waals surface area contributed by atoms with Crippen LogP contribution in [0.3, 0.4) is 0 Å². The molecule has 5 nitrogen and oxygen atoms in total. The summed E-state index contributed by atoms with van der Waals surface area (Å²) in [6.45, 7) is 0.0573. The van der Waals surface area contributed by atoms with E-state index in [-0.39, 0.29) is 6.79 Å². The SMILES string of the molecule is COc1ccc([C@H]2c3cc4c(cc3OC(=O)[C@H]2c2ccc(C(F)(F)F)cc2)OCO4)cc1. The fourth-order valence-electron chi connectivity index (χ4n) is 4.15. The average Bonchev–Trinajstić information content (AvgIpc) is 3.24. The van der Waals surface area contributed by atoms with Crippen molar-refractivity contribution in [3.8, 4) is 23.0 Å². The van der Waals surface area contributed by atoms with E-state index >= 15 is 0 Å². The van der Waals surface area contributed by atoms with Crippen molar-refractivity contribution in [3.05, 3.63) is 82.9 Å². The van der Waals surface area contributed by atoms with Crippen molar-refractivity contribution >= 4 is 5.97 Å². The number of carbonyl (C=O) groups is 1. The van der Waals surface area contributed by atoms with E-state index in [0.29, 0.717) is 34.1 Å². The fraction of sp³-hybridized carbons (Fsp3) is 0.208. The zero-order chi connectivity index (χ0) is 22.5. The minimum Gasteiger partial charge on any atom is -0.497 e. The monoisotopic (exact) mass is 442 g/mol. The Kier molecular flexibility index (Phi) is 4.73. The van der Waals surface area contributed by atoms with E-state index in [4.69, 9.17) is 18.9 Å². The largest absolute Gasteiger partial charge is 0.497 e. The number of halogens is 3. The minimum absolute atomic E-state index is 0.0573. The highest BCUT2D eigenvalue weighted by Crippen LogP contribution is 2.51. The Bertz CT molecular complexity index is 1170. The quantitative estimate of drug-likeness (QED) is 0.408. The summed E-state index contributed by atoms with van der Waals surface area (Å²) in [5, 5.41) is 0. The molecule has 0 radical (unpaired) electrons. The van der Waals surface area contributed by atoms with Gasteiger partial charge in [-0.15, -0.1) is 0 Å². The summed E-state index contributed by atoms with van der Waals surface area (Å²) in [5.41, 5.74) is 1.11. The normalized spacial score (nSPS) is 19.3. The molecule has 32 heavy (non-hydrogen) atoms. The van der Waals surface area contributed by atoms with Crippen molar-refractivity contribution in [2.24, 2.45) is 0 Å². The van der Waals surface area contributed by atoms with Crippen LogP contribution in [0.2, 0.25) is 0 Å². The standard InChI is InChI=1S/C24H17F3O5/c1-29-16-8-4-13(5-9-16)21-17-10-19-20(31-12-30-19)11-18(17)32-23(28)22(21)14-2-6-15(7-3-14)24(25,26)27/h2-11,21-22H,12H2,1H3/t21-,22-/m0/s1. The summed E-state index contributed by atoms with van der Waals surface area (Å²) >= 11 is 0. The second-order valence-corrected chi connectivity index (χ2v) is 7.51. The van der Waals surface area contributed by atoms with E-state index < -0.39 is 29.5 Å². The number of esters is 1. The predicted molar refractivity (Wildman–Crippen MR) is 107 cm³/mol. The third-order valence-electron chi connectivity index (χ3n) is 5.71. The van der Waals surface area contributed by atoms with Crippen molar-refractivity contribution < 1.29 is 36.9 Å². The molecule has 2 aliphatic heterocycles. The predicted octanol–water partition coefficient (Wildman–Crippen LogP) is 5.28. The van der Waals surface area contributed by atoms with Gasteiger partial charge >= 0.3 is 12.1 Å². The maximum absolute atomic E-state index is 13.1. The molecule has 2 atom stereocenters. The van der Waals surface area contributed by atoms with Crippen LogP contribution < -0.4 is 18.9 Å². The Morgan fingerprint density at radius 2 is 1.44 bits per heavy atom. The summed E-state index contributed by atoms with van der Waals surface area (Å²) in [7, 11) is 1.55. The molecule has 164 valence electrons. The van der Waals surface area contributed by atoms with Crippen LogP contribution in [0.1, 0.15) is 34.1 Å². The topological polar surface area (TPSA) is 54.0 Å². The van der Waals surface area contributed by atoms with Gasteiger partial charge in [0.15, 0.2) is 11.5 Å². The summed E-state index contributed by atoms with van der Waals surface area (Å²) in [5.74, 6) is 0.0515. The number of alkyl halides is 3. The first-order chi connectivity index (χ1) is 15.3. The molecular formula is C24H17F3O5. The maximum atomic E-state index is 13.1. The number of fused-ring (bicyclic) bond motifs is 2. The van der Waals surface area contributed by atoms with Gasteiger partial charge in [0.05, 0.1) is 18.6 Å². The number of ether oxygens (including phenoxy) is 4. The number of benzene rings is 3. The van der Waals surface area contributed by atoms with E-state index in [0.717, 1.165) is 17.7 Å². The Hall–Kier alpha value is -3.68. The highest BCUT2D eigenvalue weighted by atomic mass is 19.4. The van der Waals surface area contributed by atoms with Crippen molar-refractivity contribution in [1.82, 2.24) is 0 Å². The Balaban J connectivity index is 1.65. The van der Waals surface area contributed by atoms with E-state index in [1.165, 1.54) is 12.1 Å². The first-order valence-corrected chi connectivity index (χ1v) is 9.81. The van der Waals surface area contributed by atoms with Crippen LogP contribution in [0.5, 0.6) is 23.0 Å². The number of rotatable bonds is 3. The minimum atomic E-state index is -4.47. The first kappa shape index (κ1) is 20.2. The van der Waals surface area contributed by atoms with Gasteiger partial charge in [-0.25, -0.2) is 0 Å². The Morgan fingerprint density at radius 1 is 0.844 bits per heavy atom. The molecule has 0 fully saturated rings. The number of hydrogen-bond donors (Lipinski definition) is 0. The molecule has 3 aromatic rings. The second kappa shape index (κ2) is 7.47. The zero-order valence-corrected chi connectivity index (χ0v) is 16.8. The van der Waals surface area contributed by atoms with E-state index in [2.05, 4.69) is 0 Å². The maximum Gasteiger partial charge on any atom is 0.416 e. The number of hydrogen-bond acceptors (Lipinski definition) is 5. The molecule has 0 aromatic heterocycles. The molecule has 8 heteroatoms. The van der Waals surface area contributed by atoms with Gasteiger partial charge in [-0.3, -0.25) is 4.79 Å². The number of methoxy groups -OCH3 is 1. The molecule has 0 aliphatic carbocycles. The van der Waals surface area contributed by atoms with Crippen LogP contribution >= 0.6 is 0 Å². The van der Waals surface area contributed by atoms with E-state index in [9.17, 15) is 18.0 Å². The molecule has 3 aromatic carbocycles. The molecule has 5 rings (SSSR count). The molecule has 2 aliphatic rings. The van der Waals surface area contributed by atoms with Crippen LogP contribution in [0.25, 0.3) is 0 Å². The van der Waals surface area contributed by atoms with Crippen LogP contribution in [0.4, 0.5) is 13.2 Å². The molecule has 0 saturated heterocycles. The Morgan fingerprint density at radius 3 is 2.06 bits per heavy atom. The molecule has 0 bridgehead atoms. The molecule has 0 amide bonds. The van der Waals surface area contributed by atoms with Crippen LogP contribution in [-0.2, 0) is 11.0 Å². The van der Waals surface area contributed by atoms with Crippen molar-refractivity contribution in [2.75, 3.05) is 13.9 Å². The first-order valence-electron chi connectivity index (χ1n) is 9.81. The van der Waals surface area contributed by atoms with Gasteiger partial charge in [-0.1, -0.05) is 24.3 Å². The van der Waals surface area contributed by atoms with Crippen molar-refractivity contribution in [2.45, 2.75) is 18.0 Å². The smallest absolute Gasteiger partial charge is 0.416 e. The molecule has 0 unspecified atom stereocenters. The van der Waals surface area contributed by atoms with Gasteiger partial charge < -0.3 is 18.9 Å². The van der Waals surface area contributed by atoms with E-state index in [1.54, 1.807) is 31.4 Å². The molecular weight excluding hydrogens is 425 g/mol. The lowest BCUT2D eigenvalue weighted by atomic mass is 9.75. The van der Waals surface area contributed by atoms with Gasteiger partial charge in [0.1, 0.15) is 11.5 Å². The number of carbonyl (C=O) groups excluding carboxylic acids is 1. The van der Waals surface area contributed by atoms with Gasteiger partial charge in [0, 0.05) is 17.5 Å². The highest BCUT2D eigenvalue weighted by molar-refractivity contribution is 5.86. The summed E-state index contributed by atoms with van der Waals surface area (Å²) in [4.78, 5) is 13.1. The third-order valence-corrected chi connectivity index (χ3v) is 5.71. The van der Waals surface area contributed by atoms with Gasteiger partial charge in [0.2, 0.25) is 6.79 Å². The lowest BCUT2D eigenvalue weighted by Gasteiger charge is -2.33. The zero-order valence-electron chi connectivity index (χ0n) is 16.8. The van der Waals surface area contributed by atoms with Crippen molar-refractivity contribution in [1.29, 1.82) is 0 Å². The fourth-order valence-corrected chi connectivity index (χ4v) is 4.15. The lowest BCUT2D eigenvalue weighted by molar-refractivity contribution is -0.138. The molecule has 0 spiro atoms. The summed E-state index contributed by atoms with van der Waals surface area (Å²) in [6.07, 6.45) is -4.47. The van der Waals surface area contributed by atoms with Crippen LogP contribution in [0.15, 0.2) is 60.7 Å². The van der Waals surface area contributed by atoms with Gasteiger partial charge in [0.25, 0.3) is 0 Å². The lowest BCUT2D eigenvalue weighted by Crippen LogP contribution is -2.30. The van der Waals surface area contributed by atoms with Crippen LogP contribution in [0, 0.1) is 0 Å². The summed E-state index contributed by atoms with van der Waals surface area (Å²) < 4.78 is 60.9. The van der Waals surface area contributed by atoms with Gasteiger partial charge in [-0.05, 0) is 41.5 Å². The molecule has 0 saturated carbocycles. The van der Waals surface area contributed by atoms with E-state index in [1.807, 2.05) is 12.1 Å². The summed E-state index contributed by atoms with van der Waals surface area (Å²) in [6, 6.07) is 15.2. The molecule has 2 heterocycles. The molecule has 0 N–H and O–H groups in total.